The fourth-order valence-electron chi connectivity index (χ4n) is 2.32. The topological polar surface area (TPSA) is 58.0 Å². The molecule has 0 radical (unpaired) electrons. The number of nitrogens with one attached hydrogen (secondary N) is 1. The van der Waals surface area contributed by atoms with Crippen LogP contribution in [0.25, 0.3) is 0 Å². The van der Waals surface area contributed by atoms with Crippen molar-refractivity contribution in [2.75, 3.05) is 11.9 Å². The highest BCUT2D eigenvalue weighted by atomic mass is 16.3. The van der Waals surface area contributed by atoms with Crippen LogP contribution >= 0.6 is 0 Å². The molecule has 1 aromatic heterocycles. The molecule has 2 aromatic rings. The summed E-state index contributed by atoms with van der Waals surface area (Å²) < 4.78 is 0. The number of hydrogen-bond donors (Lipinski definition) is 2. The fourth-order valence-corrected chi connectivity index (χ4v) is 2.32. The van der Waals surface area contributed by atoms with Crippen LogP contribution in [0.2, 0.25) is 0 Å². The lowest BCUT2D eigenvalue weighted by Crippen LogP contribution is -2.14. The van der Waals surface area contributed by atoms with Gasteiger partial charge in [-0.15, -0.1) is 0 Å². The van der Waals surface area contributed by atoms with Crippen molar-refractivity contribution < 1.29 is 5.11 Å². The van der Waals surface area contributed by atoms with E-state index in [1.165, 1.54) is 24.6 Å². The third-order valence-electron chi connectivity index (χ3n) is 3.64. The van der Waals surface area contributed by atoms with Crippen LogP contribution < -0.4 is 5.32 Å². The zero-order valence-electron chi connectivity index (χ0n) is 12.7. The SMILES string of the molecule is CCCCC(CNc1ncc(O)c(C)n1)c1ccccc1. The Balaban J connectivity index is 2.03. The third-order valence-corrected chi connectivity index (χ3v) is 3.64. The van der Waals surface area contributed by atoms with E-state index in [2.05, 4.69) is 46.5 Å². The van der Waals surface area contributed by atoms with Gasteiger partial charge in [0.15, 0.2) is 5.75 Å². The highest BCUT2D eigenvalue weighted by Gasteiger charge is 2.11. The number of anilines is 1. The molecule has 1 aromatic carbocycles. The van der Waals surface area contributed by atoms with Crippen molar-refractivity contribution in [3.8, 4) is 5.75 Å². The van der Waals surface area contributed by atoms with Gasteiger partial charge in [-0.2, -0.15) is 0 Å². The quantitative estimate of drug-likeness (QED) is 0.810. The first-order chi connectivity index (χ1) is 10.2. The van der Waals surface area contributed by atoms with E-state index < -0.39 is 0 Å². The van der Waals surface area contributed by atoms with Gasteiger partial charge in [0.25, 0.3) is 0 Å². The summed E-state index contributed by atoms with van der Waals surface area (Å²) in [5.74, 6) is 1.15. The molecular formula is C17H23N3O. The summed E-state index contributed by atoms with van der Waals surface area (Å²) in [7, 11) is 0. The molecule has 0 saturated heterocycles. The first-order valence-electron chi connectivity index (χ1n) is 7.52. The minimum atomic E-state index is 0.131. The van der Waals surface area contributed by atoms with E-state index >= 15 is 0 Å². The minimum Gasteiger partial charge on any atom is -0.504 e. The van der Waals surface area contributed by atoms with Gasteiger partial charge >= 0.3 is 0 Å². The molecule has 4 nitrogen and oxygen atoms in total. The Morgan fingerprint density at radius 3 is 2.67 bits per heavy atom. The summed E-state index contributed by atoms with van der Waals surface area (Å²) in [4.78, 5) is 8.36. The number of aromatic hydroxyl groups is 1. The van der Waals surface area contributed by atoms with Crippen LogP contribution in [0.15, 0.2) is 36.5 Å². The maximum absolute atomic E-state index is 9.46. The summed E-state index contributed by atoms with van der Waals surface area (Å²) in [6.45, 7) is 4.78. The van der Waals surface area contributed by atoms with Gasteiger partial charge in [-0.25, -0.2) is 9.97 Å². The second kappa shape index (κ2) is 7.62. The van der Waals surface area contributed by atoms with Crippen LogP contribution in [0, 0.1) is 6.92 Å². The summed E-state index contributed by atoms with van der Waals surface area (Å²) in [5.41, 5.74) is 1.94. The van der Waals surface area contributed by atoms with Crippen molar-refractivity contribution >= 4 is 5.95 Å². The van der Waals surface area contributed by atoms with Gasteiger partial charge in [-0.3, -0.25) is 0 Å². The second-order valence-corrected chi connectivity index (χ2v) is 5.29. The number of aryl methyl sites for hydroxylation is 1. The normalized spacial score (nSPS) is 12.1. The zero-order valence-corrected chi connectivity index (χ0v) is 12.7. The monoisotopic (exact) mass is 285 g/mol. The van der Waals surface area contributed by atoms with E-state index in [4.69, 9.17) is 0 Å². The van der Waals surface area contributed by atoms with Gasteiger partial charge in [0.1, 0.15) is 0 Å². The van der Waals surface area contributed by atoms with Crippen LogP contribution in [0.5, 0.6) is 5.75 Å². The molecule has 1 atom stereocenters. The third kappa shape index (κ3) is 4.45. The highest BCUT2D eigenvalue weighted by Crippen LogP contribution is 2.22. The van der Waals surface area contributed by atoms with Crippen LogP contribution in [0.1, 0.15) is 43.4 Å². The Hall–Kier alpha value is -2.10. The molecule has 0 bridgehead atoms. The molecule has 0 aliphatic carbocycles. The summed E-state index contributed by atoms with van der Waals surface area (Å²) in [5, 5.41) is 12.7. The first kappa shape index (κ1) is 15.3. The predicted molar refractivity (Wildman–Crippen MR) is 85.6 cm³/mol. The molecule has 0 fully saturated rings. The van der Waals surface area contributed by atoms with Gasteiger partial charge in [0.05, 0.1) is 11.9 Å². The molecule has 4 heteroatoms. The highest BCUT2D eigenvalue weighted by molar-refractivity contribution is 5.32. The maximum atomic E-state index is 9.46. The lowest BCUT2D eigenvalue weighted by atomic mass is 9.93. The van der Waals surface area contributed by atoms with Crippen LogP contribution in [-0.4, -0.2) is 21.6 Å². The van der Waals surface area contributed by atoms with E-state index in [0.29, 0.717) is 17.6 Å². The van der Waals surface area contributed by atoms with Crippen LogP contribution in [0.3, 0.4) is 0 Å². The Morgan fingerprint density at radius 1 is 1.24 bits per heavy atom. The number of aromatic nitrogens is 2. The molecule has 0 aliphatic rings. The van der Waals surface area contributed by atoms with Crippen LogP contribution in [0.4, 0.5) is 5.95 Å². The van der Waals surface area contributed by atoms with Gasteiger partial charge in [-0.1, -0.05) is 50.1 Å². The van der Waals surface area contributed by atoms with Gasteiger partial charge in [0.2, 0.25) is 5.95 Å². The zero-order chi connectivity index (χ0) is 15.1. The number of benzene rings is 1. The lowest BCUT2D eigenvalue weighted by molar-refractivity contribution is 0.464. The van der Waals surface area contributed by atoms with Crippen molar-refractivity contribution in [2.24, 2.45) is 0 Å². The van der Waals surface area contributed by atoms with Crippen molar-refractivity contribution in [3.05, 3.63) is 47.8 Å². The average Bonchev–Trinajstić information content (AvgIpc) is 2.51. The summed E-state index contributed by atoms with van der Waals surface area (Å²) in [6, 6.07) is 10.5. The van der Waals surface area contributed by atoms with E-state index in [9.17, 15) is 5.11 Å². The van der Waals surface area contributed by atoms with Gasteiger partial charge in [0, 0.05) is 12.5 Å². The van der Waals surface area contributed by atoms with Crippen molar-refractivity contribution in [1.82, 2.24) is 9.97 Å². The van der Waals surface area contributed by atoms with E-state index in [1.807, 2.05) is 6.07 Å². The average molecular weight is 285 g/mol. The smallest absolute Gasteiger partial charge is 0.223 e. The molecule has 1 unspecified atom stereocenters. The summed E-state index contributed by atoms with van der Waals surface area (Å²) in [6.07, 6.45) is 4.98. The standard InChI is InChI=1S/C17H23N3O/c1-3-4-8-15(14-9-6-5-7-10-14)11-18-17-19-12-16(21)13(2)20-17/h5-7,9-10,12,15,21H,3-4,8,11H2,1-2H3,(H,18,19,20). The fraction of sp³-hybridized carbons (Fsp3) is 0.412. The van der Waals surface area contributed by atoms with Crippen molar-refractivity contribution in [2.45, 2.75) is 39.0 Å². The summed E-state index contributed by atoms with van der Waals surface area (Å²) >= 11 is 0. The number of rotatable bonds is 7. The molecule has 2 rings (SSSR count). The Labute approximate surface area is 126 Å². The molecular weight excluding hydrogens is 262 g/mol. The number of unbranched alkanes of at least 4 members (excludes halogenated alkanes) is 1. The van der Waals surface area contributed by atoms with Crippen molar-refractivity contribution in [1.29, 1.82) is 0 Å². The first-order valence-corrected chi connectivity index (χ1v) is 7.52. The van der Waals surface area contributed by atoms with E-state index in [0.717, 1.165) is 13.0 Å². The molecule has 1 heterocycles. The molecule has 0 spiro atoms. The molecule has 0 saturated carbocycles. The number of nitrogens with zero attached hydrogens (tertiary/aromatic N) is 2. The van der Waals surface area contributed by atoms with Gasteiger partial charge < -0.3 is 10.4 Å². The van der Waals surface area contributed by atoms with Crippen LogP contribution in [-0.2, 0) is 0 Å². The largest absolute Gasteiger partial charge is 0.504 e. The van der Waals surface area contributed by atoms with Crippen molar-refractivity contribution in [3.63, 3.8) is 0 Å². The Bertz CT molecular complexity index is 557. The Morgan fingerprint density at radius 2 is 2.00 bits per heavy atom. The lowest BCUT2D eigenvalue weighted by Gasteiger charge is -2.18. The molecule has 2 N–H and O–H groups in total. The number of hydrogen-bond acceptors (Lipinski definition) is 4. The molecule has 21 heavy (non-hydrogen) atoms. The minimum absolute atomic E-state index is 0.131. The van der Waals surface area contributed by atoms with E-state index in [-0.39, 0.29) is 5.75 Å². The van der Waals surface area contributed by atoms with E-state index in [1.54, 1.807) is 6.92 Å². The van der Waals surface area contributed by atoms with Gasteiger partial charge in [-0.05, 0) is 18.9 Å². The maximum Gasteiger partial charge on any atom is 0.223 e. The Kier molecular flexibility index (Phi) is 5.55. The second-order valence-electron chi connectivity index (χ2n) is 5.29. The molecule has 0 aliphatic heterocycles. The predicted octanol–water partition coefficient (Wildman–Crippen LogP) is 3.88. The molecule has 112 valence electrons. The molecule has 0 amide bonds.